The number of hydrogen-bond acceptors (Lipinski definition) is 5. The number of piperazine rings is 1. The zero-order valence-electron chi connectivity index (χ0n) is 23.0. The molecule has 2 atom stereocenters. The summed E-state index contributed by atoms with van der Waals surface area (Å²) < 4.78 is 13.9. The monoisotopic (exact) mass is 497 g/mol. The minimum absolute atomic E-state index is 0.197. The van der Waals surface area contributed by atoms with E-state index in [-0.39, 0.29) is 11.9 Å². The highest BCUT2D eigenvalue weighted by molar-refractivity contribution is 5.82. The second kappa shape index (κ2) is 15.5. The minimum atomic E-state index is -0.231. The number of rotatable bonds is 11. The standard InChI is InChI=1S/C28H43FN4.C2H5N/c1-6-8-13-32-15-17-33(18-16-32)14-9-10-25-21(3)28(31-22(25)4)19-23(7-2)26-20-24(29)11-12-27(26)30-5;1-2-3/h7,11-12,19-21,28,30-31H,2,6,8-10,13-18H2,1,3-5H3;2H,1,3H2/b23-19+;. The molecule has 0 bridgehead atoms. The van der Waals surface area contributed by atoms with Crippen LogP contribution < -0.4 is 16.4 Å². The van der Waals surface area contributed by atoms with E-state index in [0.717, 1.165) is 23.2 Å². The van der Waals surface area contributed by atoms with Gasteiger partial charge >= 0.3 is 0 Å². The van der Waals surface area contributed by atoms with E-state index in [1.54, 1.807) is 12.1 Å². The van der Waals surface area contributed by atoms with Crippen LogP contribution in [-0.2, 0) is 0 Å². The maximum Gasteiger partial charge on any atom is 0.123 e. The molecule has 0 spiro atoms. The van der Waals surface area contributed by atoms with Crippen LogP contribution in [0.5, 0.6) is 0 Å². The maximum absolute atomic E-state index is 13.9. The normalized spacial score (nSPS) is 21.0. The Kier molecular flexibility index (Phi) is 12.8. The first kappa shape index (κ1) is 29.7. The SMILES string of the molecule is C=C/C(=C\C1NC(C)=C(CCCN2CCN(CCCC)CC2)C1C)c1cc(F)ccc1NC.C=CN. The first-order valence-corrected chi connectivity index (χ1v) is 13.4. The summed E-state index contributed by atoms with van der Waals surface area (Å²) in [6.07, 6.45) is 10.2. The molecule has 36 heavy (non-hydrogen) atoms. The fourth-order valence-corrected chi connectivity index (χ4v) is 5.17. The third kappa shape index (κ3) is 8.52. The fourth-order valence-electron chi connectivity index (χ4n) is 5.17. The highest BCUT2D eigenvalue weighted by Gasteiger charge is 2.28. The van der Waals surface area contributed by atoms with Crippen LogP contribution in [0.3, 0.4) is 0 Å². The summed E-state index contributed by atoms with van der Waals surface area (Å²) in [6, 6.07) is 5.05. The maximum atomic E-state index is 13.9. The molecule has 0 saturated carbocycles. The molecule has 0 radical (unpaired) electrons. The number of nitrogens with one attached hydrogen (secondary N) is 2. The van der Waals surface area contributed by atoms with E-state index >= 15 is 0 Å². The van der Waals surface area contributed by atoms with Gasteiger partial charge in [0, 0.05) is 56.1 Å². The average molecular weight is 498 g/mol. The van der Waals surface area contributed by atoms with Crippen molar-refractivity contribution in [2.75, 3.05) is 51.6 Å². The molecular formula is C30H48FN5. The van der Waals surface area contributed by atoms with Gasteiger partial charge in [-0.25, -0.2) is 4.39 Å². The Morgan fingerprint density at radius 1 is 1.17 bits per heavy atom. The van der Waals surface area contributed by atoms with Crippen LogP contribution in [-0.4, -0.2) is 62.2 Å². The predicted octanol–water partition coefficient (Wildman–Crippen LogP) is 5.61. The van der Waals surface area contributed by atoms with E-state index in [1.807, 2.05) is 13.1 Å². The van der Waals surface area contributed by atoms with Crippen molar-refractivity contribution in [3.63, 3.8) is 0 Å². The number of unbranched alkanes of at least 4 members (excludes halogenated alkanes) is 1. The lowest BCUT2D eigenvalue weighted by molar-refractivity contribution is 0.130. The lowest BCUT2D eigenvalue weighted by atomic mass is 9.90. The number of nitrogens with two attached hydrogens (primary N) is 1. The number of nitrogens with zero attached hydrogens (tertiary/aromatic N) is 2. The van der Waals surface area contributed by atoms with Crippen LogP contribution in [0.15, 0.2) is 61.0 Å². The van der Waals surface area contributed by atoms with Crippen molar-refractivity contribution < 1.29 is 4.39 Å². The molecule has 0 aromatic heterocycles. The van der Waals surface area contributed by atoms with Crippen molar-refractivity contribution in [3.8, 4) is 0 Å². The molecule has 1 aromatic rings. The van der Waals surface area contributed by atoms with E-state index in [9.17, 15) is 4.39 Å². The van der Waals surface area contributed by atoms with Gasteiger partial charge in [0.2, 0.25) is 0 Å². The Hall–Kier alpha value is -2.57. The predicted molar refractivity (Wildman–Crippen MR) is 154 cm³/mol. The van der Waals surface area contributed by atoms with Gasteiger partial charge in [0.05, 0.1) is 6.04 Å². The van der Waals surface area contributed by atoms with Gasteiger partial charge in [-0.3, -0.25) is 0 Å². The number of hydrogen-bond donors (Lipinski definition) is 3. The van der Waals surface area contributed by atoms with Crippen LogP contribution in [0.4, 0.5) is 10.1 Å². The fraction of sp³-hybridized carbons (Fsp3) is 0.533. The molecule has 0 aliphatic carbocycles. The molecule has 2 heterocycles. The van der Waals surface area contributed by atoms with Gasteiger partial charge in [0.1, 0.15) is 5.82 Å². The third-order valence-corrected chi connectivity index (χ3v) is 7.31. The van der Waals surface area contributed by atoms with Crippen molar-refractivity contribution >= 4 is 11.3 Å². The third-order valence-electron chi connectivity index (χ3n) is 7.31. The molecular weight excluding hydrogens is 449 g/mol. The van der Waals surface area contributed by atoms with E-state index in [4.69, 9.17) is 0 Å². The molecule has 5 nitrogen and oxygen atoms in total. The van der Waals surface area contributed by atoms with Gasteiger partial charge in [-0.2, -0.15) is 0 Å². The van der Waals surface area contributed by atoms with Crippen molar-refractivity contribution in [3.05, 3.63) is 72.4 Å². The average Bonchev–Trinajstić information content (AvgIpc) is 3.14. The van der Waals surface area contributed by atoms with Crippen LogP contribution in [0, 0.1) is 11.7 Å². The second-order valence-electron chi connectivity index (χ2n) is 9.75. The quantitative estimate of drug-likeness (QED) is 0.347. The number of anilines is 1. The minimum Gasteiger partial charge on any atom is -0.405 e. The van der Waals surface area contributed by atoms with Crippen LogP contribution in [0.2, 0.25) is 0 Å². The van der Waals surface area contributed by atoms with Gasteiger partial charge < -0.3 is 26.2 Å². The Bertz CT molecular complexity index is 899. The topological polar surface area (TPSA) is 56.6 Å². The first-order chi connectivity index (χ1) is 17.4. The summed E-state index contributed by atoms with van der Waals surface area (Å²) in [5, 5.41) is 6.84. The summed E-state index contributed by atoms with van der Waals surface area (Å²) in [6.45, 7) is 21.2. The van der Waals surface area contributed by atoms with Crippen molar-refractivity contribution in [1.82, 2.24) is 15.1 Å². The Labute approximate surface area is 219 Å². The molecule has 2 aliphatic heterocycles. The van der Waals surface area contributed by atoms with E-state index in [1.165, 1.54) is 82.1 Å². The molecule has 2 aliphatic rings. The first-order valence-electron chi connectivity index (χ1n) is 13.4. The summed E-state index contributed by atoms with van der Waals surface area (Å²) in [4.78, 5) is 5.24. The highest BCUT2D eigenvalue weighted by atomic mass is 19.1. The van der Waals surface area contributed by atoms with Gasteiger partial charge in [-0.1, -0.05) is 45.6 Å². The molecule has 2 unspecified atom stereocenters. The van der Waals surface area contributed by atoms with Crippen molar-refractivity contribution in [2.45, 2.75) is 52.5 Å². The van der Waals surface area contributed by atoms with Crippen molar-refractivity contribution in [2.24, 2.45) is 11.7 Å². The van der Waals surface area contributed by atoms with Crippen LogP contribution >= 0.6 is 0 Å². The molecule has 0 amide bonds. The second-order valence-corrected chi connectivity index (χ2v) is 9.75. The molecule has 200 valence electrons. The number of allylic oxidation sites excluding steroid dienone is 3. The van der Waals surface area contributed by atoms with E-state index in [2.05, 4.69) is 66.2 Å². The molecule has 1 saturated heterocycles. The van der Waals surface area contributed by atoms with Crippen LogP contribution in [0.25, 0.3) is 5.57 Å². The zero-order valence-corrected chi connectivity index (χ0v) is 23.0. The van der Waals surface area contributed by atoms with Gasteiger partial charge in [-0.05, 0) is 74.8 Å². The summed E-state index contributed by atoms with van der Waals surface area (Å²) >= 11 is 0. The van der Waals surface area contributed by atoms with Crippen LogP contribution in [0.1, 0.15) is 52.0 Å². The number of halogens is 1. The Balaban J connectivity index is 0.00000145. The summed E-state index contributed by atoms with van der Waals surface area (Å²) in [5.41, 5.74) is 10.1. The molecule has 6 heteroatoms. The van der Waals surface area contributed by atoms with E-state index < -0.39 is 0 Å². The lowest BCUT2D eigenvalue weighted by Gasteiger charge is -2.34. The molecule has 1 aromatic carbocycles. The summed E-state index contributed by atoms with van der Waals surface area (Å²) in [5.74, 6) is 0.183. The number of benzene rings is 1. The van der Waals surface area contributed by atoms with Crippen molar-refractivity contribution in [1.29, 1.82) is 0 Å². The smallest absolute Gasteiger partial charge is 0.123 e. The molecule has 1 fully saturated rings. The zero-order chi connectivity index (χ0) is 26.5. The molecule has 4 N–H and O–H groups in total. The Morgan fingerprint density at radius 2 is 1.78 bits per heavy atom. The highest BCUT2D eigenvalue weighted by Crippen LogP contribution is 2.33. The Morgan fingerprint density at radius 3 is 2.33 bits per heavy atom. The van der Waals surface area contributed by atoms with Gasteiger partial charge in [-0.15, -0.1) is 0 Å². The van der Waals surface area contributed by atoms with Gasteiger partial charge in [0.15, 0.2) is 0 Å². The van der Waals surface area contributed by atoms with E-state index in [0.29, 0.717) is 5.92 Å². The van der Waals surface area contributed by atoms with Gasteiger partial charge in [0.25, 0.3) is 0 Å². The summed E-state index contributed by atoms with van der Waals surface area (Å²) in [7, 11) is 1.86. The lowest BCUT2D eigenvalue weighted by Crippen LogP contribution is -2.46. The largest absolute Gasteiger partial charge is 0.405 e. The molecule has 3 rings (SSSR count).